The highest BCUT2D eigenvalue weighted by atomic mass is 14.6. The molecule has 0 saturated carbocycles. The molecule has 0 aliphatic rings. The van der Waals surface area contributed by atoms with Gasteiger partial charge in [0.1, 0.15) is 0 Å². The number of nitrogens with two attached hydrogens (primary N) is 1. The van der Waals surface area contributed by atoms with Crippen LogP contribution in [0.2, 0.25) is 0 Å². The molecule has 0 saturated heterocycles. The highest BCUT2D eigenvalue weighted by Gasteiger charge is 2.56. The van der Waals surface area contributed by atoms with Gasteiger partial charge in [-0.25, -0.2) is 0 Å². The normalized spacial score (nSPS) is 16.4. The van der Waals surface area contributed by atoms with E-state index >= 15 is 0 Å². The fourth-order valence-electron chi connectivity index (χ4n) is 7.41. The zero-order valence-electron chi connectivity index (χ0n) is 28.8. The summed E-state index contributed by atoms with van der Waals surface area (Å²) in [5.74, 6) is 1.71. The van der Waals surface area contributed by atoms with Crippen LogP contribution in [0.4, 0.5) is 0 Å². The molecule has 0 rings (SSSR count). The second-order valence-electron chi connectivity index (χ2n) is 15.5. The first-order valence-electron chi connectivity index (χ1n) is 15.2. The van der Waals surface area contributed by atoms with Crippen molar-refractivity contribution >= 4 is 0 Å². The van der Waals surface area contributed by atoms with Gasteiger partial charge in [0.15, 0.2) is 0 Å². The SMILES string of the molecule is CC.CC.CCC(C(C)(C)C(C)(C)CCCC(C)(C)C)C(C)(C)C(C)(C)C(C(C)CN)C(C)(C)C. The van der Waals surface area contributed by atoms with Crippen LogP contribution in [0.3, 0.4) is 0 Å². The maximum Gasteiger partial charge on any atom is -0.00484 e. The fraction of sp³-hybridized carbons (Fsp3) is 1.00. The standard InChI is InChI=1S/C30H63N.2C2H6/c1-17-23(28(11,12)27(9,10)20-18-19-25(3,4)5)29(13,14)30(15,16)24(22(2)21-31)26(6,7)8;2*1-2/h22-24H,17-21,31H2,1-16H3;2*1-2H3. The van der Waals surface area contributed by atoms with Crippen molar-refractivity contribution in [3.8, 4) is 0 Å². The maximum atomic E-state index is 6.26. The summed E-state index contributed by atoms with van der Waals surface area (Å²) >= 11 is 0. The van der Waals surface area contributed by atoms with Gasteiger partial charge in [0, 0.05) is 0 Å². The first-order chi connectivity index (χ1) is 15.5. The van der Waals surface area contributed by atoms with Gasteiger partial charge in [-0.3, -0.25) is 0 Å². The van der Waals surface area contributed by atoms with Crippen molar-refractivity contribution in [3.05, 3.63) is 0 Å². The van der Waals surface area contributed by atoms with Crippen LogP contribution < -0.4 is 5.73 Å². The van der Waals surface area contributed by atoms with Crippen molar-refractivity contribution in [2.75, 3.05) is 6.54 Å². The van der Waals surface area contributed by atoms with Gasteiger partial charge >= 0.3 is 0 Å². The third-order valence-electron chi connectivity index (χ3n) is 9.94. The minimum atomic E-state index is 0.170. The molecule has 0 aliphatic carbocycles. The van der Waals surface area contributed by atoms with Gasteiger partial charge in [-0.05, 0) is 69.6 Å². The number of hydrogen-bond donors (Lipinski definition) is 1. The smallest absolute Gasteiger partial charge is 0.00484 e. The summed E-state index contributed by atoms with van der Waals surface area (Å²) in [6, 6.07) is 0. The molecule has 0 aromatic rings. The second-order valence-corrected chi connectivity index (χ2v) is 15.5. The lowest BCUT2D eigenvalue weighted by Crippen LogP contribution is -2.56. The van der Waals surface area contributed by atoms with E-state index < -0.39 is 0 Å². The van der Waals surface area contributed by atoms with E-state index in [4.69, 9.17) is 5.73 Å². The molecule has 2 N–H and O–H groups in total. The summed E-state index contributed by atoms with van der Waals surface area (Å²) in [6.45, 7) is 48.3. The van der Waals surface area contributed by atoms with E-state index in [9.17, 15) is 0 Å². The average molecular weight is 498 g/mol. The summed E-state index contributed by atoms with van der Waals surface area (Å²) in [5.41, 5.74) is 7.81. The average Bonchev–Trinajstić information content (AvgIpc) is 2.68. The molecular weight excluding hydrogens is 422 g/mol. The molecule has 3 atom stereocenters. The molecule has 0 amide bonds. The second kappa shape index (κ2) is 14.8. The first kappa shape index (κ1) is 39.5. The summed E-state index contributed by atoms with van der Waals surface area (Å²) in [6.07, 6.45) is 5.14. The van der Waals surface area contributed by atoms with E-state index in [1.807, 2.05) is 27.7 Å². The predicted octanol–water partition coefficient (Wildman–Crippen LogP) is 11.6. The van der Waals surface area contributed by atoms with Crippen molar-refractivity contribution in [1.29, 1.82) is 0 Å². The molecule has 3 unspecified atom stereocenters. The fourth-order valence-corrected chi connectivity index (χ4v) is 7.41. The van der Waals surface area contributed by atoms with Crippen LogP contribution in [-0.2, 0) is 0 Å². The quantitative estimate of drug-likeness (QED) is 0.301. The van der Waals surface area contributed by atoms with Gasteiger partial charge in [0.2, 0.25) is 0 Å². The Morgan fingerprint density at radius 1 is 0.600 bits per heavy atom. The minimum Gasteiger partial charge on any atom is -0.330 e. The molecule has 0 bridgehead atoms. The van der Waals surface area contributed by atoms with Crippen molar-refractivity contribution in [2.45, 2.75) is 164 Å². The molecule has 216 valence electrons. The monoisotopic (exact) mass is 498 g/mol. The van der Waals surface area contributed by atoms with Gasteiger partial charge < -0.3 is 5.73 Å². The number of hydrogen-bond acceptors (Lipinski definition) is 1. The predicted molar refractivity (Wildman–Crippen MR) is 166 cm³/mol. The molecule has 0 aromatic heterocycles. The highest BCUT2D eigenvalue weighted by molar-refractivity contribution is 5.05. The molecule has 1 nitrogen and oxygen atoms in total. The summed E-state index contributed by atoms with van der Waals surface area (Å²) in [4.78, 5) is 0. The Morgan fingerprint density at radius 2 is 1.00 bits per heavy atom. The van der Waals surface area contributed by atoms with E-state index in [-0.39, 0.29) is 21.7 Å². The number of rotatable bonds is 11. The van der Waals surface area contributed by atoms with Crippen LogP contribution >= 0.6 is 0 Å². The molecule has 35 heavy (non-hydrogen) atoms. The van der Waals surface area contributed by atoms with Gasteiger partial charge in [-0.2, -0.15) is 0 Å². The molecule has 0 radical (unpaired) electrons. The Labute approximate surface area is 226 Å². The zero-order valence-corrected chi connectivity index (χ0v) is 28.8. The van der Waals surface area contributed by atoms with Crippen LogP contribution in [0.1, 0.15) is 164 Å². The third kappa shape index (κ3) is 10.3. The topological polar surface area (TPSA) is 26.0 Å². The maximum absolute atomic E-state index is 6.26. The highest BCUT2D eigenvalue weighted by Crippen LogP contribution is 2.63. The summed E-state index contributed by atoms with van der Waals surface area (Å²) in [7, 11) is 0. The van der Waals surface area contributed by atoms with E-state index in [2.05, 4.69) is 111 Å². The van der Waals surface area contributed by atoms with Crippen LogP contribution in [0, 0.1) is 50.2 Å². The lowest BCUT2D eigenvalue weighted by atomic mass is 9.43. The molecule has 0 heterocycles. The Hall–Kier alpha value is -0.0400. The molecular formula is C34H75N. The summed E-state index contributed by atoms with van der Waals surface area (Å²) < 4.78 is 0. The Kier molecular flexibility index (Phi) is 16.7. The van der Waals surface area contributed by atoms with E-state index in [0.29, 0.717) is 28.6 Å². The van der Waals surface area contributed by atoms with Crippen LogP contribution in [-0.4, -0.2) is 6.54 Å². The van der Waals surface area contributed by atoms with Crippen molar-refractivity contribution < 1.29 is 0 Å². The lowest BCUT2D eigenvalue weighted by molar-refractivity contribution is -0.131. The van der Waals surface area contributed by atoms with Gasteiger partial charge in [0.25, 0.3) is 0 Å². The largest absolute Gasteiger partial charge is 0.330 e. The van der Waals surface area contributed by atoms with Crippen LogP contribution in [0.15, 0.2) is 0 Å². The van der Waals surface area contributed by atoms with E-state index in [1.165, 1.54) is 25.7 Å². The Bertz CT molecular complexity index is 536. The van der Waals surface area contributed by atoms with E-state index in [0.717, 1.165) is 6.54 Å². The minimum absolute atomic E-state index is 0.170. The Balaban J connectivity index is -0.00000242. The molecule has 0 aliphatic heterocycles. The van der Waals surface area contributed by atoms with Gasteiger partial charge in [0.05, 0.1) is 0 Å². The van der Waals surface area contributed by atoms with Crippen molar-refractivity contribution in [3.63, 3.8) is 0 Å². The van der Waals surface area contributed by atoms with Crippen molar-refractivity contribution in [1.82, 2.24) is 0 Å². The molecule has 0 spiro atoms. The van der Waals surface area contributed by atoms with Gasteiger partial charge in [-0.1, -0.05) is 151 Å². The zero-order chi connectivity index (χ0) is 29.3. The molecule has 0 fully saturated rings. The Morgan fingerprint density at radius 3 is 1.29 bits per heavy atom. The lowest BCUT2D eigenvalue weighted by Gasteiger charge is -2.62. The van der Waals surface area contributed by atoms with Gasteiger partial charge in [-0.15, -0.1) is 0 Å². The van der Waals surface area contributed by atoms with Crippen LogP contribution in [0.25, 0.3) is 0 Å². The summed E-state index contributed by atoms with van der Waals surface area (Å²) in [5, 5.41) is 0. The molecule has 1 heteroatoms. The third-order valence-corrected chi connectivity index (χ3v) is 9.94. The van der Waals surface area contributed by atoms with E-state index in [1.54, 1.807) is 0 Å². The first-order valence-corrected chi connectivity index (χ1v) is 15.2. The molecule has 0 aromatic carbocycles. The van der Waals surface area contributed by atoms with Crippen molar-refractivity contribution in [2.24, 2.45) is 56.0 Å². The van der Waals surface area contributed by atoms with Crippen LogP contribution in [0.5, 0.6) is 0 Å².